The van der Waals surface area contributed by atoms with E-state index in [0.717, 1.165) is 38.0 Å². The van der Waals surface area contributed by atoms with E-state index in [-0.39, 0.29) is 18.1 Å². The Morgan fingerprint density at radius 1 is 0.957 bits per heavy atom. The Kier molecular flexibility index (Phi) is 12.2. The van der Waals surface area contributed by atoms with Gasteiger partial charge in [-0.3, -0.25) is 4.79 Å². The number of methoxy groups -OCH3 is 2. The van der Waals surface area contributed by atoms with E-state index in [1.165, 1.54) is 0 Å². The Bertz CT molecular complexity index is 381. The lowest BCUT2D eigenvalue weighted by molar-refractivity contribution is -0.282. The Morgan fingerprint density at radius 2 is 1.26 bits per heavy atom. The summed E-state index contributed by atoms with van der Waals surface area (Å²) in [5, 5.41) is 0. The molecule has 23 heavy (non-hydrogen) atoms. The van der Waals surface area contributed by atoms with Crippen molar-refractivity contribution in [3.8, 4) is 0 Å². The van der Waals surface area contributed by atoms with Gasteiger partial charge in [0.2, 0.25) is 0 Å². The zero-order valence-corrected chi connectivity index (χ0v) is 14.5. The average Bonchev–Trinajstić information content (AvgIpc) is 2.37. The normalized spacial score (nSPS) is 17.9. The van der Waals surface area contributed by atoms with Crippen LogP contribution >= 0.6 is 0 Å². The van der Waals surface area contributed by atoms with Gasteiger partial charge in [0.05, 0.1) is 0 Å². The minimum Gasteiger partial charge on any atom is -0.353 e. The Morgan fingerprint density at radius 3 is 1.39 bits per heavy atom. The number of Topliss-reactive ketones (excluding diaryl/α,β-unsaturated/α-hetero) is 1. The average molecular weight is 330 g/mol. The molecule has 2 saturated carbocycles. The number of hydrogen-bond acceptors (Lipinski definition) is 7. The molecule has 0 aromatic heterocycles. The summed E-state index contributed by atoms with van der Waals surface area (Å²) in [7, 11) is 3.45. The number of rotatable bonds is 2. The number of ketones is 1. The van der Waals surface area contributed by atoms with Crippen molar-refractivity contribution in [3.05, 3.63) is 0 Å². The van der Waals surface area contributed by atoms with Crippen LogP contribution in [0.3, 0.4) is 0 Å². The molecular weight excluding hydrogens is 304 g/mol. The van der Waals surface area contributed by atoms with Crippen LogP contribution < -0.4 is 0 Å². The van der Waals surface area contributed by atoms with Gasteiger partial charge in [-0.25, -0.2) is 0 Å². The lowest BCUT2D eigenvalue weighted by Crippen LogP contribution is -2.51. The van der Waals surface area contributed by atoms with E-state index in [0.29, 0.717) is 11.2 Å². The zero-order chi connectivity index (χ0) is 18.5. The van der Waals surface area contributed by atoms with Crippen LogP contribution in [-0.2, 0) is 33.4 Å². The summed E-state index contributed by atoms with van der Waals surface area (Å²) in [6, 6.07) is 0. The maximum atomic E-state index is 9.90. The number of carbonyl (C=O) groups is 1. The predicted molar refractivity (Wildman–Crippen MR) is 77.8 cm³/mol. The van der Waals surface area contributed by atoms with Crippen molar-refractivity contribution >= 4 is 18.1 Å². The van der Waals surface area contributed by atoms with Crippen LogP contribution in [0.15, 0.2) is 0 Å². The second kappa shape index (κ2) is 11.9. The molecule has 2 fully saturated rings. The first-order chi connectivity index (χ1) is 10.7. The Labute approximate surface area is 136 Å². The van der Waals surface area contributed by atoms with Gasteiger partial charge in [0.1, 0.15) is 5.78 Å². The number of ether oxygens (including phenoxy) is 2. The van der Waals surface area contributed by atoms with Gasteiger partial charge in [0.15, 0.2) is 5.79 Å². The van der Waals surface area contributed by atoms with Crippen molar-refractivity contribution in [2.75, 3.05) is 14.2 Å². The summed E-state index contributed by atoms with van der Waals surface area (Å²) in [6.45, 7) is 6.81. The molecule has 0 aromatic carbocycles. The molecule has 0 unspecified atom stereocenters. The molecular formula is C16H26O7. The van der Waals surface area contributed by atoms with Crippen molar-refractivity contribution < 1.29 is 33.4 Å². The van der Waals surface area contributed by atoms with E-state index in [4.69, 9.17) is 28.7 Å². The van der Waals surface area contributed by atoms with E-state index in [1.807, 2.05) is 0 Å². The third-order valence-electron chi connectivity index (χ3n) is 3.99. The second-order valence-electron chi connectivity index (χ2n) is 6.35. The van der Waals surface area contributed by atoms with Crippen molar-refractivity contribution in [2.45, 2.75) is 58.7 Å². The zero-order valence-electron chi connectivity index (χ0n) is 14.5. The van der Waals surface area contributed by atoms with E-state index in [2.05, 4.69) is 20.8 Å². The highest BCUT2D eigenvalue weighted by Gasteiger charge is 2.49. The van der Waals surface area contributed by atoms with Crippen LogP contribution in [0, 0.1) is 11.3 Å². The molecule has 0 amide bonds. The summed E-state index contributed by atoms with van der Waals surface area (Å²) in [4.78, 5) is 42.4. The topological polar surface area (TPSA) is 104 Å². The fourth-order valence-electron chi connectivity index (χ4n) is 2.04. The summed E-state index contributed by atoms with van der Waals surface area (Å²) in [6.07, 6.45) is 5.39. The summed E-state index contributed by atoms with van der Waals surface area (Å²) >= 11 is 0. The van der Waals surface area contributed by atoms with Gasteiger partial charge >= 0.3 is 12.3 Å². The lowest BCUT2D eigenvalue weighted by Gasteiger charge is -2.50. The first kappa shape index (κ1) is 23.6. The largest absolute Gasteiger partial charge is 0.373 e. The van der Waals surface area contributed by atoms with Crippen molar-refractivity contribution in [1.82, 2.24) is 0 Å². The second-order valence-corrected chi connectivity index (χ2v) is 6.35. The molecule has 2 rings (SSSR count). The van der Waals surface area contributed by atoms with Gasteiger partial charge in [-0.2, -0.15) is 19.2 Å². The summed E-state index contributed by atoms with van der Waals surface area (Å²) in [5.74, 6) is 0.903. The highest BCUT2D eigenvalue weighted by Crippen LogP contribution is 2.49. The maximum Gasteiger partial charge on any atom is 0.373 e. The van der Waals surface area contributed by atoms with Crippen LogP contribution in [0.25, 0.3) is 0 Å². The van der Waals surface area contributed by atoms with Gasteiger partial charge in [-0.05, 0) is 17.8 Å². The van der Waals surface area contributed by atoms with Gasteiger partial charge in [-0.1, -0.05) is 20.8 Å². The van der Waals surface area contributed by atoms with Crippen LogP contribution in [0.1, 0.15) is 52.9 Å². The van der Waals surface area contributed by atoms with Crippen molar-refractivity contribution in [2.24, 2.45) is 11.3 Å². The van der Waals surface area contributed by atoms with E-state index < -0.39 is 0 Å². The maximum absolute atomic E-state index is 9.90. The summed E-state index contributed by atoms with van der Waals surface area (Å²) in [5.41, 5.74) is 0.389. The molecule has 0 aliphatic heterocycles. The SMILES string of the molecule is COC1(OC)CC(C(C)(C)C)C1.O=C1CCC1.O=C=O.O=C=O. The third-order valence-corrected chi connectivity index (χ3v) is 3.99. The standard InChI is InChI=1S/C10H20O2.C4H6O.2CO2/c1-9(2,3)8-6-10(7-8,11-4)12-5;5-4-2-1-3-4;2*2-1-3/h8H,6-7H2,1-5H3;1-3H2;;. The highest BCUT2D eigenvalue weighted by molar-refractivity contribution is 5.83. The van der Waals surface area contributed by atoms with Crippen LogP contribution in [-0.4, -0.2) is 38.1 Å². The van der Waals surface area contributed by atoms with E-state index >= 15 is 0 Å². The van der Waals surface area contributed by atoms with Gasteiger partial charge in [0.25, 0.3) is 0 Å². The molecule has 0 atom stereocenters. The van der Waals surface area contributed by atoms with Crippen LogP contribution in [0.4, 0.5) is 0 Å². The molecule has 0 heterocycles. The molecule has 7 heteroatoms. The van der Waals surface area contributed by atoms with Crippen molar-refractivity contribution in [3.63, 3.8) is 0 Å². The molecule has 0 aromatic rings. The summed E-state index contributed by atoms with van der Waals surface area (Å²) < 4.78 is 10.7. The molecule has 0 saturated heterocycles. The molecule has 0 N–H and O–H groups in total. The van der Waals surface area contributed by atoms with Gasteiger partial charge < -0.3 is 9.47 Å². The Balaban J connectivity index is 0. The predicted octanol–water partition coefficient (Wildman–Crippen LogP) is 2.00. The van der Waals surface area contributed by atoms with E-state index in [9.17, 15) is 4.79 Å². The Hall–Kier alpha value is -1.65. The molecule has 7 nitrogen and oxygen atoms in total. The van der Waals surface area contributed by atoms with Crippen LogP contribution in [0.5, 0.6) is 0 Å². The third kappa shape index (κ3) is 9.87. The molecule has 132 valence electrons. The first-order valence-corrected chi connectivity index (χ1v) is 7.26. The minimum absolute atomic E-state index is 0.250. The molecule has 2 aliphatic carbocycles. The molecule has 0 bridgehead atoms. The van der Waals surface area contributed by atoms with Gasteiger partial charge in [-0.15, -0.1) is 0 Å². The van der Waals surface area contributed by atoms with Crippen molar-refractivity contribution in [1.29, 1.82) is 0 Å². The molecule has 2 aliphatic rings. The number of hydrogen-bond donors (Lipinski definition) is 0. The molecule has 0 spiro atoms. The van der Waals surface area contributed by atoms with E-state index in [1.54, 1.807) is 14.2 Å². The fourth-order valence-corrected chi connectivity index (χ4v) is 2.04. The quantitative estimate of drug-likeness (QED) is 0.713. The lowest BCUT2D eigenvalue weighted by atomic mass is 9.65. The minimum atomic E-state index is -0.266. The number of carbonyl (C=O) groups excluding carboxylic acids is 5. The molecule has 0 radical (unpaired) electrons. The fraction of sp³-hybridized carbons (Fsp3) is 0.812. The first-order valence-electron chi connectivity index (χ1n) is 7.26. The highest BCUT2D eigenvalue weighted by atomic mass is 16.7. The monoisotopic (exact) mass is 330 g/mol. The smallest absolute Gasteiger partial charge is 0.353 e. The van der Waals surface area contributed by atoms with Crippen LogP contribution in [0.2, 0.25) is 0 Å². The van der Waals surface area contributed by atoms with Gasteiger partial charge in [0, 0.05) is 39.9 Å².